The lowest BCUT2D eigenvalue weighted by Gasteiger charge is -2.09. The first-order chi connectivity index (χ1) is 9.02. The predicted octanol–water partition coefficient (Wildman–Crippen LogP) is 1.70. The lowest BCUT2D eigenvalue weighted by molar-refractivity contribution is -0.120. The van der Waals surface area contributed by atoms with E-state index in [1.807, 2.05) is 13.8 Å². The molecule has 0 bridgehead atoms. The van der Waals surface area contributed by atoms with Crippen LogP contribution in [0.4, 0.5) is 4.39 Å². The Labute approximate surface area is 113 Å². The molecule has 4 nitrogen and oxygen atoms in total. The summed E-state index contributed by atoms with van der Waals surface area (Å²) < 4.78 is 18.5. The van der Waals surface area contributed by atoms with Crippen LogP contribution in [0.1, 0.15) is 19.4 Å². The molecule has 0 saturated carbocycles. The summed E-state index contributed by atoms with van der Waals surface area (Å²) in [4.78, 5) is 11.4. The Morgan fingerprint density at radius 2 is 2.16 bits per heavy atom. The standard InChI is InChI=1S/C14H21FN2O2/c1-10(2)7-17-14(18)9-16-8-11-4-5-12(19-3)6-13(11)15/h4-6,10,16H,7-9H2,1-3H3,(H,17,18). The van der Waals surface area contributed by atoms with Crippen molar-refractivity contribution < 1.29 is 13.9 Å². The first-order valence-electron chi connectivity index (χ1n) is 6.32. The van der Waals surface area contributed by atoms with Crippen molar-refractivity contribution in [1.82, 2.24) is 10.6 Å². The normalized spacial score (nSPS) is 10.6. The highest BCUT2D eigenvalue weighted by Gasteiger charge is 2.05. The highest BCUT2D eigenvalue weighted by molar-refractivity contribution is 5.77. The lowest BCUT2D eigenvalue weighted by Crippen LogP contribution is -2.35. The summed E-state index contributed by atoms with van der Waals surface area (Å²) in [7, 11) is 1.49. The number of nitrogens with one attached hydrogen (secondary N) is 2. The van der Waals surface area contributed by atoms with Gasteiger partial charge >= 0.3 is 0 Å². The fourth-order valence-corrected chi connectivity index (χ4v) is 1.49. The molecule has 0 fully saturated rings. The summed E-state index contributed by atoms with van der Waals surface area (Å²) in [5.74, 6) is 0.482. The Balaban J connectivity index is 2.35. The van der Waals surface area contributed by atoms with Gasteiger partial charge in [-0.3, -0.25) is 4.79 Å². The summed E-state index contributed by atoms with van der Waals surface area (Å²) in [6, 6.07) is 4.67. The molecule has 0 aliphatic heterocycles. The van der Waals surface area contributed by atoms with Crippen LogP contribution in [0.5, 0.6) is 5.75 Å². The second-order valence-electron chi connectivity index (χ2n) is 4.76. The van der Waals surface area contributed by atoms with Gasteiger partial charge in [0.2, 0.25) is 5.91 Å². The van der Waals surface area contributed by atoms with Crippen molar-refractivity contribution in [3.05, 3.63) is 29.6 Å². The fourth-order valence-electron chi connectivity index (χ4n) is 1.49. The highest BCUT2D eigenvalue weighted by Crippen LogP contribution is 2.15. The van der Waals surface area contributed by atoms with E-state index in [9.17, 15) is 9.18 Å². The van der Waals surface area contributed by atoms with Gasteiger partial charge in [-0.15, -0.1) is 0 Å². The van der Waals surface area contributed by atoms with E-state index in [-0.39, 0.29) is 18.3 Å². The van der Waals surface area contributed by atoms with E-state index in [2.05, 4.69) is 10.6 Å². The van der Waals surface area contributed by atoms with Gasteiger partial charge in [-0.1, -0.05) is 19.9 Å². The Kier molecular flexibility index (Phi) is 6.29. The van der Waals surface area contributed by atoms with Crippen LogP contribution in [0.25, 0.3) is 0 Å². The van der Waals surface area contributed by atoms with Gasteiger partial charge in [-0.25, -0.2) is 4.39 Å². The van der Waals surface area contributed by atoms with Crippen molar-refractivity contribution in [2.75, 3.05) is 20.2 Å². The van der Waals surface area contributed by atoms with E-state index in [0.717, 1.165) is 0 Å². The molecule has 0 aliphatic rings. The van der Waals surface area contributed by atoms with Crippen LogP contribution >= 0.6 is 0 Å². The van der Waals surface area contributed by atoms with E-state index in [4.69, 9.17) is 4.74 Å². The summed E-state index contributed by atoms with van der Waals surface area (Å²) >= 11 is 0. The maximum absolute atomic E-state index is 13.6. The number of hydrogen-bond donors (Lipinski definition) is 2. The number of rotatable bonds is 7. The summed E-state index contributed by atoms with van der Waals surface area (Å²) in [5, 5.41) is 5.70. The van der Waals surface area contributed by atoms with Crippen LogP contribution in [0.3, 0.4) is 0 Å². The van der Waals surface area contributed by atoms with Gasteiger partial charge in [0.25, 0.3) is 0 Å². The Hall–Kier alpha value is -1.62. The summed E-state index contributed by atoms with van der Waals surface area (Å²) in [5.41, 5.74) is 0.512. The van der Waals surface area contributed by atoms with Crippen LogP contribution in [0.15, 0.2) is 18.2 Å². The lowest BCUT2D eigenvalue weighted by atomic mass is 10.2. The van der Waals surface area contributed by atoms with Crippen LogP contribution in [-0.4, -0.2) is 26.1 Å². The Morgan fingerprint density at radius 3 is 2.74 bits per heavy atom. The maximum atomic E-state index is 13.6. The van der Waals surface area contributed by atoms with Gasteiger partial charge in [-0.2, -0.15) is 0 Å². The maximum Gasteiger partial charge on any atom is 0.233 e. The highest BCUT2D eigenvalue weighted by atomic mass is 19.1. The van der Waals surface area contributed by atoms with Crippen LogP contribution in [0.2, 0.25) is 0 Å². The molecule has 0 saturated heterocycles. The van der Waals surface area contributed by atoms with Gasteiger partial charge < -0.3 is 15.4 Å². The third-order valence-corrected chi connectivity index (χ3v) is 2.57. The molecule has 0 radical (unpaired) electrons. The first-order valence-corrected chi connectivity index (χ1v) is 6.32. The molecule has 1 aromatic carbocycles. The molecule has 0 aromatic heterocycles. The van der Waals surface area contributed by atoms with Crippen LogP contribution < -0.4 is 15.4 Å². The number of hydrogen-bond acceptors (Lipinski definition) is 3. The zero-order valence-electron chi connectivity index (χ0n) is 11.6. The van der Waals surface area contributed by atoms with Crippen molar-refractivity contribution in [3.8, 4) is 5.75 Å². The largest absolute Gasteiger partial charge is 0.497 e. The van der Waals surface area contributed by atoms with E-state index in [1.165, 1.54) is 13.2 Å². The molecule has 0 atom stereocenters. The summed E-state index contributed by atoms with van der Waals surface area (Å²) in [6.07, 6.45) is 0. The minimum absolute atomic E-state index is 0.0809. The third-order valence-electron chi connectivity index (χ3n) is 2.57. The number of benzene rings is 1. The summed E-state index contributed by atoms with van der Waals surface area (Å²) in [6.45, 7) is 5.20. The zero-order valence-corrected chi connectivity index (χ0v) is 11.6. The number of carbonyl (C=O) groups is 1. The van der Waals surface area contributed by atoms with Crippen molar-refractivity contribution in [2.45, 2.75) is 20.4 Å². The second-order valence-corrected chi connectivity index (χ2v) is 4.76. The van der Waals surface area contributed by atoms with Gasteiger partial charge in [0, 0.05) is 24.7 Å². The van der Waals surface area contributed by atoms with Gasteiger partial charge in [-0.05, 0) is 12.0 Å². The molecule has 2 N–H and O–H groups in total. The molecule has 0 heterocycles. The number of amides is 1. The quantitative estimate of drug-likeness (QED) is 0.791. The molecule has 19 heavy (non-hydrogen) atoms. The number of carbonyl (C=O) groups excluding carboxylic acids is 1. The van der Waals surface area contributed by atoms with Crippen LogP contribution in [-0.2, 0) is 11.3 Å². The Bertz CT molecular complexity index is 422. The van der Waals surface area contributed by atoms with E-state index < -0.39 is 0 Å². The van der Waals surface area contributed by atoms with Crippen molar-refractivity contribution in [3.63, 3.8) is 0 Å². The van der Waals surface area contributed by atoms with E-state index in [0.29, 0.717) is 30.3 Å². The zero-order chi connectivity index (χ0) is 14.3. The molecular formula is C14H21FN2O2. The topological polar surface area (TPSA) is 50.4 Å². The number of methoxy groups -OCH3 is 1. The first kappa shape index (κ1) is 15.4. The molecule has 0 unspecified atom stereocenters. The number of halogens is 1. The Morgan fingerprint density at radius 1 is 1.42 bits per heavy atom. The SMILES string of the molecule is COc1ccc(CNCC(=O)NCC(C)C)c(F)c1. The van der Waals surface area contributed by atoms with Gasteiger partial charge in [0.05, 0.1) is 13.7 Å². The molecule has 1 rings (SSSR count). The smallest absolute Gasteiger partial charge is 0.233 e. The number of ether oxygens (including phenoxy) is 1. The molecule has 5 heteroatoms. The fraction of sp³-hybridized carbons (Fsp3) is 0.500. The minimum Gasteiger partial charge on any atom is -0.497 e. The molecule has 106 valence electrons. The van der Waals surface area contributed by atoms with Crippen molar-refractivity contribution in [1.29, 1.82) is 0 Å². The second kappa shape index (κ2) is 7.74. The van der Waals surface area contributed by atoms with Crippen LogP contribution in [0, 0.1) is 11.7 Å². The van der Waals surface area contributed by atoms with Gasteiger partial charge in [0.1, 0.15) is 11.6 Å². The van der Waals surface area contributed by atoms with E-state index >= 15 is 0 Å². The van der Waals surface area contributed by atoms with E-state index in [1.54, 1.807) is 12.1 Å². The molecule has 1 aromatic rings. The van der Waals surface area contributed by atoms with Crippen molar-refractivity contribution >= 4 is 5.91 Å². The van der Waals surface area contributed by atoms with Crippen molar-refractivity contribution in [2.24, 2.45) is 5.92 Å². The third kappa shape index (κ3) is 5.70. The average molecular weight is 268 g/mol. The molecule has 0 spiro atoms. The monoisotopic (exact) mass is 268 g/mol. The minimum atomic E-state index is -0.338. The van der Waals surface area contributed by atoms with Gasteiger partial charge in [0.15, 0.2) is 0 Å². The average Bonchev–Trinajstić information content (AvgIpc) is 2.38. The predicted molar refractivity (Wildman–Crippen MR) is 72.5 cm³/mol. The molecular weight excluding hydrogens is 247 g/mol. The molecule has 1 amide bonds. The molecule has 0 aliphatic carbocycles.